The molecule has 1 aromatic heterocycles. The quantitative estimate of drug-likeness (QED) is 0.275. The van der Waals surface area contributed by atoms with Crippen molar-refractivity contribution in [2.45, 2.75) is 25.6 Å². The van der Waals surface area contributed by atoms with E-state index in [2.05, 4.69) is 20.4 Å². The molecule has 2 atom stereocenters. The third-order valence-electron chi connectivity index (χ3n) is 5.62. The lowest BCUT2D eigenvalue weighted by Crippen LogP contribution is -2.35. The molecule has 11 nitrogen and oxygen atoms in total. The number of nitrogens with zero attached hydrogens (tertiary/aromatic N) is 3. The second-order valence-electron chi connectivity index (χ2n) is 8.56. The predicted molar refractivity (Wildman–Crippen MR) is 133 cm³/mol. The van der Waals surface area contributed by atoms with Crippen molar-refractivity contribution in [2.24, 2.45) is 0 Å². The number of aryl methyl sites for hydroxylation is 1. The summed E-state index contributed by atoms with van der Waals surface area (Å²) in [6.45, 7) is 3.76. The molecule has 1 fully saturated rings. The van der Waals surface area contributed by atoms with E-state index in [1.165, 1.54) is 0 Å². The molecular formula is C24H26ClN5O6. The first-order valence-corrected chi connectivity index (χ1v) is 11.7. The number of anilines is 1. The van der Waals surface area contributed by atoms with E-state index >= 15 is 0 Å². The zero-order chi connectivity index (χ0) is 25.7. The van der Waals surface area contributed by atoms with Gasteiger partial charge < -0.3 is 30.0 Å². The number of benzene rings is 2. The molecule has 4 rings (SSSR count). The summed E-state index contributed by atoms with van der Waals surface area (Å²) in [5.74, 6) is 0.121. The van der Waals surface area contributed by atoms with E-state index in [9.17, 15) is 20.0 Å². The molecule has 36 heavy (non-hydrogen) atoms. The van der Waals surface area contributed by atoms with Crippen molar-refractivity contribution >= 4 is 29.0 Å². The molecule has 2 unspecified atom stereocenters. The average molecular weight is 516 g/mol. The van der Waals surface area contributed by atoms with Gasteiger partial charge >= 0.3 is 5.82 Å². The summed E-state index contributed by atoms with van der Waals surface area (Å²) in [5, 5.41) is 30.5. The largest absolute Gasteiger partial charge is 0.489 e. The predicted octanol–water partition coefficient (Wildman–Crippen LogP) is 3.43. The highest BCUT2D eigenvalue weighted by atomic mass is 35.5. The Hall–Kier alpha value is -3.67. The summed E-state index contributed by atoms with van der Waals surface area (Å²) in [5.41, 5.74) is 1.13. The molecule has 2 heterocycles. The maximum Gasteiger partial charge on any atom is 0.343 e. The highest BCUT2D eigenvalue weighted by Gasteiger charge is 2.26. The van der Waals surface area contributed by atoms with Crippen molar-refractivity contribution in [2.75, 3.05) is 31.6 Å². The summed E-state index contributed by atoms with van der Waals surface area (Å²) in [7, 11) is 0. The average Bonchev–Trinajstić information content (AvgIpc) is 3.51. The van der Waals surface area contributed by atoms with E-state index in [-0.39, 0.29) is 24.2 Å². The molecule has 1 amide bonds. The van der Waals surface area contributed by atoms with Gasteiger partial charge in [0.2, 0.25) is 0 Å². The zero-order valence-electron chi connectivity index (χ0n) is 19.5. The van der Waals surface area contributed by atoms with Gasteiger partial charge in [0.1, 0.15) is 30.3 Å². The lowest BCUT2D eigenvalue weighted by atomic mass is 10.2. The highest BCUT2D eigenvalue weighted by Crippen LogP contribution is 2.27. The van der Waals surface area contributed by atoms with Crippen LogP contribution in [0.25, 0.3) is 0 Å². The number of amides is 1. The van der Waals surface area contributed by atoms with E-state index in [4.69, 9.17) is 21.1 Å². The van der Waals surface area contributed by atoms with Crippen molar-refractivity contribution < 1.29 is 24.3 Å². The molecule has 1 saturated heterocycles. The Morgan fingerprint density at radius 3 is 2.83 bits per heavy atom. The number of likely N-dealkylation sites (tertiary alicyclic amines) is 1. The number of hydrogen-bond acceptors (Lipinski definition) is 8. The molecule has 0 bridgehead atoms. The van der Waals surface area contributed by atoms with Crippen molar-refractivity contribution in [3.63, 3.8) is 0 Å². The molecule has 190 valence electrons. The Morgan fingerprint density at radius 2 is 2.11 bits per heavy atom. The van der Waals surface area contributed by atoms with E-state index in [1.807, 2.05) is 19.1 Å². The third kappa shape index (κ3) is 6.72. The summed E-state index contributed by atoms with van der Waals surface area (Å²) in [6, 6.07) is 13.5. The number of ether oxygens (including phenoxy) is 2. The van der Waals surface area contributed by atoms with Gasteiger partial charge in [0.15, 0.2) is 5.69 Å². The molecule has 0 aliphatic carbocycles. The van der Waals surface area contributed by atoms with Gasteiger partial charge in [0.05, 0.1) is 11.8 Å². The van der Waals surface area contributed by atoms with Crippen LogP contribution in [-0.4, -0.2) is 69.5 Å². The summed E-state index contributed by atoms with van der Waals surface area (Å²) >= 11 is 5.91. The summed E-state index contributed by atoms with van der Waals surface area (Å²) < 4.78 is 11.8. The minimum atomic E-state index is -0.766. The van der Waals surface area contributed by atoms with Crippen molar-refractivity contribution in [1.82, 2.24) is 15.1 Å². The Kier molecular flexibility index (Phi) is 8.04. The van der Waals surface area contributed by atoms with Crippen molar-refractivity contribution in [1.29, 1.82) is 0 Å². The first-order chi connectivity index (χ1) is 17.3. The molecule has 1 aliphatic heterocycles. The van der Waals surface area contributed by atoms with Gasteiger partial charge in [-0.15, -0.1) is 5.10 Å². The number of halogens is 1. The second-order valence-corrected chi connectivity index (χ2v) is 8.99. The number of aliphatic hydroxyl groups is 1. The first-order valence-electron chi connectivity index (χ1n) is 11.3. The molecule has 0 spiro atoms. The molecule has 1 aliphatic rings. The third-order valence-corrected chi connectivity index (χ3v) is 5.88. The SMILES string of the molecule is Cc1ccc(NC(=O)c2cc([N+](=O)[O-])[nH]n2)c(OCC(O)CN2CCC(Oc3ccc(Cl)cc3)C2)c1. The van der Waals surface area contributed by atoms with Crippen LogP contribution in [0.5, 0.6) is 11.5 Å². The Balaban J connectivity index is 1.29. The van der Waals surface area contributed by atoms with Crippen LogP contribution in [-0.2, 0) is 0 Å². The fourth-order valence-corrected chi connectivity index (χ4v) is 3.99. The fraction of sp³-hybridized carbons (Fsp3) is 0.333. The molecular weight excluding hydrogens is 490 g/mol. The van der Waals surface area contributed by atoms with Crippen LogP contribution in [0.3, 0.4) is 0 Å². The second kappa shape index (κ2) is 11.4. The van der Waals surface area contributed by atoms with Crippen molar-refractivity contribution in [3.05, 3.63) is 74.9 Å². The minimum absolute atomic E-state index is 0.0133. The molecule has 3 aromatic rings. The Bertz CT molecular complexity index is 1220. The number of β-amino-alcohol motifs (C(OH)–C–C–N with tert-alkyl or cyclic N) is 1. The van der Waals surface area contributed by atoms with Crippen LogP contribution >= 0.6 is 11.6 Å². The molecule has 12 heteroatoms. The molecule has 2 aromatic carbocycles. The van der Waals surface area contributed by atoms with Crippen LogP contribution in [0.4, 0.5) is 11.5 Å². The summed E-state index contributed by atoms with van der Waals surface area (Å²) in [6.07, 6.45) is 0.100. The van der Waals surface area contributed by atoms with E-state index in [0.717, 1.165) is 30.3 Å². The number of nitrogens with one attached hydrogen (secondary N) is 2. The first kappa shape index (κ1) is 25.4. The lowest BCUT2D eigenvalue weighted by Gasteiger charge is -2.21. The number of carbonyl (C=O) groups excluding carboxylic acids is 1. The van der Waals surface area contributed by atoms with Gasteiger partial charge in [-0.25, -0.2) is 0 Å². The number of aliphatic hydroxyl groups excluding tert-OH is 1. The minimum Gasteiger partial charge on any atom is -0.489 e. The lowest BCUT2D eigenvalue weighted by molar-refractivity contribution is -0.389. The standard InChI is InChI=1S/C24H26ClN5O6/c1-15-2-7-20(26-24(32)21-11-23(28-27-21)30(33)34)22(10-15)35-14-17(31)12-29-9-8-19(13-29)36-18-5-3-16(25)4-6-18/h2-7,10-11,17,19,31H,8-9,12-14H2,1H3,(H,26,32)(H,27,28). The maximum absolute atomic E-state index is 12.5. The van der Waals surface area contributed by atoms with Crippen molar-refractivity contribution in [3.8, 4) is 11.5 Å². The smallest absolute Gasteiger partial charge is 0.343 e. The number of aromatic nitrogens is 2. The fourth-order valence-electron chi connectivity index (χ4n) is 3.86. The molecule has 0 saturated carbocycles. The molecule has 3 N–H and O–H groups in total. The van der Waals surface area contributed by atoms with Gasteiger partial charge in [-0.2, -0.15) is 0 Å². The number of hydrogen-bond donors (Lipinski definition) is 3. The number of rotatable bonds is 10. The highest BCUT2D eigenvalue weighted by molar-refractivity contribution is 6.30. The normalized spacial score (nSPS) is 16.5. The van der Waals surface area contributed by atoms with Crippen LogP contribution < -0.4 is 14.8 Å². The van der Waals surface area contributed by atoms with E-state index < -0.39 is 16.9 Å². The summed E-state index contributed by atoms with van der Waals surface area (Å²) in [4.78, 5) is 24.7. The number of nitro groups is 1. The van der Waals surface area contributed by atoms with Gasteiger partial charge in [-0.3, -0.25) is 9.69 Å². The molecule has 0 radical (unpaired) electrons. The van der Waals surface area contributed by atoms with Crippen LogP contribution in [0.15, 0.2) is 48.5 Å². The van der Waals surface area contributed by atoms with E-state index in [0.29, 0.717) is 29.5 Å². The van der Waals surface area contributed by atoms with Crippen LogP contribution in [0.2, 0.25) is 5.02 Å². The number of H-pyrrole nitrogens is 1. The monoisotopic (exact) mass is 515 g/mol. The number of carbonyl (C=O) groups is 1. The Labute approximate surface area is 212 Å². The Morgan fingerprint density at radius 1 is 1.33 bits per heavy atom. The van der Waals surface area contributed by atoms with Gasteiger partial charge in [0.25, 0.3) is 5.91 Å². The number of aromatic amines is 1. The maximum atomic E-state index is 12.5. The van der Waals surface area contributed by atoms with Crippen LogP contribution in [0, 0.1) is 17.0 Å². The van der Waals surface area contributed by atoms with Gasteiger partial charge in [-0.05, 0) is 60.2 Å². The topological polar surface area (TPSA) is 143 Å². The van der Waals surface area contributed by atoms with Gasteiger partial charge in [0, 0.05) is 24.7 Å². The van der Waals surface area contributed by atoms with Gasteiger partial charge in [-0.1, -0.05) is 22.8 Å². The van der Waals surface area contributed by atoms with E-state index in [1.54, 1.807) is 30.3 Å². The zero-order valence-corrected chi connectivity index (χ0v) is 20.3. The van der Waals surface area contributed by atoms with Crippen LogP contribution in [0.1, 0.15) is 22.5 Å².